The molecule has 0 aliphatic heterocycles. The summed E-state index contributed by atoms with van der Waals surface area (Å²) < 4.78 is 7.47. The Hall–Kier alpha value is -2.75. The minimum atomic E-state index is 0.672. The Kier molecular flexibility index (Phi) is 3.87. The van der Waals surface area contributed by atoms with E-state index in [1.165, 1.54) is 0 Å². The van der Waals surface area contributed by atoms with E-state index in [0.717, 1.165) is 23.1 Å². The van der Waals surface area contributed by atoms with Crippen LogP contribution in [0.1, 0.15) is 6.92 Å². The van der Waals surface area contributed by atoms with Crippen molar-refractivity contribution in [1.29, 1.82) is 0 Å². The van der Waals surface area contributed by atoms with Gasteiger partial charge in [0, 0.05) is 23.8 Å². The maximum atomic E-state index is 5.46. The van der Waals surface area contributed by atoms with Crippen molar-refractivity contribution in [3.05, 3.63) is 67.0 Å². The molecule has 3 rings (SSSR count). The van der Waals surface area contributed by atoms with Crippen molar-refractivity contribution in [2.24, 2.45) is 0 Å². The van der Waals surface area contributed by atoms with Gasteiger partial charge in [0.1, 0.15) is 5.75 Å². The third kappa shape index (κ3) is 3.05. The van der Waals surface area contributed by atoms with Gasteiger partial charge in [-0.3, -0.25) is 4.57 Å². The zero-order valence-corrected chi connectivity index (χ0v) is 11.9. The number of nitrogens with one attached hydrogen (secondary N) is 1. The first-order chi connectivity index (χ1) is 10.4. The van der Waals surface area contributed by atoms with Crippen molar-refractivity contribution < 1.29 is 4.74 Å². The molecule has 2 aromatic carbocycles. The van der Waals surface area contributed by atoms with E-state index in [9.17, 15) is 0 Å². The summed E-state index contributed by atoms with van der Waals surface area (Å²) in [6, 6.07) is 18.0. The summed E-state index contributed by atoms with van der Waals surface area (Å²) >= 11 is 0. The fraction of sp³-hybridized carbons (Fsp3) is 0.118. The molecule has 1 N–H and O–H groups in total. The summed E-state index contributed by atoms with van der Waals surface area (Å²) in [5.74, 6) is 1.66. The second-order valence-electron chi connectivity index (χ2n) is 4.54. The largest absolute Gasteiger partial charge is 0.494 e. The molecule has 0 aliphatic rings. The van der Waals surface area contributed by atoms with Crippen molar-refractivity contribution in [3.8, 4) is 11.4 Å². The smallest absolute Gasteiger partial charge is 0.212 e. The molecule has 0 bridgehead atoms. The number of imidazole rings is 1. The lowest BCUT2D eigenvalue weighted by molar-refractivity contribution is 0.340. The van der Waals surface area contributed by atoms with Gasteiger partial charge in [-0.25, -0.2) is 4.98 Å². The maximum absolute atomic E-state index is 5.46. The van der Waals surface area contributed by atoms with Crippen molar-refractivity contribution in [2.75, 3.05) is 11.9 Å². The second-order valence-corrected chi connectivity index (χ2v) is 4.54. The number of aromatic nitrogens is 2. The lowest BCUT2D eigenvalue weighted by Gasteiger charge is -2.10. The Morgan fingerprint density at radius 1 is 1.05 bits per heavy atom. The molecule has 1 heterocycles. The van der Waals surface area contributed by atoms with Crippen LogP contribution in [0, 0.1) is 0 Å². The summed E-state index contributed by atoms with van der Waals surface area (Å²) in [6.07, 6.45) is 3.71. The Labute approximate surface area is 124 Å². The Bertz CT molecular complexity index is 690. The van der Waals surface area contributed by atoms with E-state index in [-0.39, 0.29) is 0 Å². The number of para-hydroxylation sites is 1. The van der Waals surface area contributed by atoms with Crippen LogP contribution >= 0.6 is 0 Å². The first-order valence-corrected chi connectivity index (χ1v) is 6.95. The number of benzene rings is 2. The summed E-state index contributed by atoms with van der Waals surface area (Å²) in [4.78, 5) is 4.37. The summed E-state index contributed by atoms with van der Waals surface area (Å²) in [6.45, 7) is 2.65. The number of nitrogens with zero attached hydrogens (tertiary/aromatic N) is 2. The fourth-order valence-corrected chi connectivity index (χ4v) is 2.12. The average Bonchev–Trinajstić information content (AvgIpc) is 2.98. The minimum Gasteiger partial charge on any atom is -0.494 e. The molecule has 0 saturated heterocycles. The van der Waals surface area contributed by atoms with Crippen LogP contribution in [0.15, 0.2) is 67.0 Å². The van der Waals surface area contributed by atoms with Gasteiger partial charge in [0.25, 0.3) is 0 Å². The van der Waals surface area contributed by atoms with Crippen LogP contribution in [0.25, 0.3) is 5.69 Å². The highest BCUT2D eigenvalue weighted by molar-refractivity contribution is 5.56. The summed E-state index contributed by atoms with van der Waals surface area (Å²) in [5.41, 5.74) is 2.05. The van der Waals surface area contributed by atoms with Crippen molar-refractivity contribution >= 4 is 11.6 Å². The highest BCUT2D eigenvalue weighted by atomic mass is 16.5. The molecule has 3 aromatic rings. The molecule has 0 aliphatic carbocycles. The zero-order valence-electron chi connectivity index (χ0n) is 11.9. The third-order valence-electron chi connectivity index (χ3n) is 3.10. The van der Waals surface area contributed by atoms with Crippen LogP contribution in [0.3, 0.4) is 0 Å². The molecule has 0 fully saturated rings. The predicted octanol–water partition coefficient (Wildman–Crippen LogP) is 4.01. The van der Waals surface area contributed by atoms with E-state index in [2.05, 4.69) is 10.3 Å². The molecule has 0 spiro atoms. The first kappa shape index (κ1) is 13.2. The van der Waals surface area contributed by atoms with E-state index in [0.29, 0.717) is 6.61 Å². The molecular formula is C17H17N3O. The molecule has 4 heteroatoms. The van der Waals surface area contributed by atoms with Crippen LogP contribution in [-0.2, 0) is 0 Å². The molecule has 0 radical (unpaired) electrons. The standard InChI is InChI=1S/C17H17N3O/c1-2-21-16-10-8-15(9-11-16)20-13-12-18-17(20)19-14-6-4-3-5-7-14/h3-13H,2H2,1H3,(H,18,19). The first-order valence-electron chi connectivity index (χ1n) is 6.95. The molecule has 1 aromatic heterocycles. The van der Waals surface area contributed by atoms with E-state index in [1.54, 1.807) is 6.20 Å². The van der Waals surface area contributed by atoms with Gasteiger partial charge < -0.3 is 10.1 Å². The number of anilines is 2. The van der Waals surface area contributed by atoms with Crippen LogP contribution in [0.2, 0.25) is 0 Å². The molecule has 0 atom stereocenters. The van der Waals surface area contributed by atoms with E-state index in [4.69, 9.17) is 4.74 Å². The molecular weight excluding hydrogens is 262 g/mol. The summed E-state index contributed by atoms with van der Waals surface area (Å²) in [7, 11) is 0. The minimum absolute atomic E-state index is 0.672. The Morgan fingerprint density at radius 2 is 1.81 bits per heavy atom. The van der Waals surface area contributed by atoms with Crippen molar-refractivity contribution in [2.45, 2.75) is 6.92 Å². The number of hydrogen-bond donors (Lipinski definition) is 1. The SMILES string of the molecule is CCOc1ccc(-n2ccnc2Nc2ccccc2)cc1. The van der Waals surface area contributed by atoms with Crippen molar-refractivity contribution in [1.82, 2.24) is 9.55 Å². The molecule has 21 heavy (non-hydrogen) atoms. The van der Waals surface area contributed by atoms with Crippen LogP contribution in [0.4, 0.5) is 11.6 Å². The highest BCUT2D eigenvalue weighted by Crippen LogP contribution is 2.21. The fourth-order valence-electron chi connectivity index (χ4n) is 2.12. The van der Waals surface area contributed by atoms with E-state index >= 15 is 0 Å². The number of rotatable bonds is 5. The monoisotopic (exact) mass is 279 g/mol. The molecule has 4 nitrogen and oxygen atoms in total. The Morgan fingerprint density at radius 3 is 2.52 bits per heavy atom. The van der Waals surface area contributed by atoms with Gasteiger partial charge in [-0.1, -0.05) is 18.2 Å². The van der Waals surface area contributed by atoms with Gasteiger partial charge in [0.2, 0.25) is 5.95 Å². The lowest BCUT2D eigenvalue weighted by Crippen LogP contribution is -2.01. The van der Waals surface area contributed by atoms with Gasteiger partial charge >= 0.3 is 0 Å². The predicted molar refractivity (Wildman–Crippen MR) is 84.5 cm³/mol. The molecule has 106 valence electrons. The van der Waals surface area contributed by atoms with Gasteiger partial charge in [0.15, 0.2) is 0 Å². The van der Waals surface area contributed by atoms with Gasteiger partial charge in [0.05, 0.1) is 6.61 Å². The van der Waals surface area contributed by atoms with Crippen LogP contribution in [-0.4, -0.2) is 16.2 Å². The quantitative estimate of drug-likeness (QED) is 0.767. The maximum Gasteiger partial charge on any atom is 0.212 e. The lowest BCUT2D eigenvalue weighted by atomic mass is 10.3. The van der Waals surface area contributed by atoms with Gasteiger partial charge in [-0.15, -0.1) is 0 Å². The molecule has 0 saturated carbocycles. The number of ether oxygens (including phenoxy) is 1. The van der Waals surface area contributed by atoms with E-state index in [1.807, 2.05) is 72.3 Å². The Balaban J connectivity index is 1.84. The highest BCUT2D eigenvalue weighted by Gasteiger charge is 2.05. The van der Waals surface area contributed by atoms with Crippen LogP contribution < -0.4 is 10.1 Å². The molecule has 0 amide bonds. The van der Waals surface area contributed by atoms with Gasteiger partial charge in [-0.2, -0.15) is 0 Å². The van der Waals surface area contributed by atoms with Crippen molar-refractivity contribution in [3.63, 3.8) is 0 Å². The van der Waals surface area contributed by atoms with Crippen LogP contribution in [0.5, 0.6) is 5.75 Å². The summed E-state index contributed by atoms with van der Waals surface area (Å²) in [5, 5.41) is 3.31. The number of hydrogen-bond acceptors (Lipinski definition) is 3. The third-order valence-corrected chi connectivity index (χ3v) is 3.10. The topological polar surface area (TPSA) is 39.1 Å². The van der Waals surface area contributed by atoms with Gasteiger partial charge in [-0.05, 0) is 43.3 Å². The molecule has 0 unspecified atom stereocenters. The normalized spacial score (nSPS) is 10.3. The zero-order chi connectivity index (χ0) is 14.5. The second kappa shape index (κ2) is 6.13. The van der Waals surface area contributed by atoms with E-state index < -0.39 is 0 Å². The average molecular weight is 279 g/mol.